The van der Waals surface area contributed by atoms with E-state index in [9.17, 15) is 9.59 Å². The van der Waals surface area contributed by atoms with E-state index in [2.05, 4.69) is 0 Å². The van der Waals surface area contributed by atoms with Crippen LogP contribution < -0.4 is 0 Å². The Bertz CT molecular complexity index is 531. The summed E-state index contributed by atoms with van der Waals surface area (Å²) < 4.78 is 0. The van der Waals surface area contributed by atoms with Crippen molar-refractivity contribution >= 4 is 11.8 Å². The van der Waals surface area contributed by atoms with Crippen LogP contribution in [0.15, 0.2) is 30.4 Å². The third-order valence-corrected chi connectivity index (χ3v) is 3.31. The number of hydrogen-bond acceptors (Lipinski definition) is 2. The van der Waals surface area contributed by atoms with Crippen LogP contribution in [-0.2, 0) is 11.2 Å². The number of carbonyl (C=O) groups excluding carboxylic acids is 2. The second kappa shape index (κ2) is 3.04. The van der Waals surface area contributed by atoms with E-state index in [4.69, 9.17) is 0 Å². The molecule has 1 unspecified atom stereocenters. The largest absolute Gasteiger partial charge is 0.281 e. The maximum Gasteiger partial charge on any atom is 0.260 e. The summed E-state index contributed by atoms with van der Waals surface area (Å²) in [7, 11) is 1.54. The summed E-state index contributed by atoms with van der Waals surface area (Å²) in [6.45, 7) is 0. The zero-order chi connectivity index (χ0) is 11.3. The molecule has 3 rings (SSSR count). The number of hydrogen-bond donors (Lipinski definition) is 0. The van der Waals surface area contributed by atoms with Crippen molar-refractivity contribution in [2.75, 3.05) is 7.05 Å². The molecule has 16 heavy (non-hydrogen) atoms. The van der Waals surface area contributed by atoms with Crippen molar-refractivity contribution in [3.8, 4) is 0 Å². The molecule has 0 radical (unpaired) electrons. The van der Waals surface area contributed by atoms with Crippen LogP contribution in [0.2, 0.25) is 0 Å². The Morgan fingerprint density at radius 2 is 2.12 bits per heavy atom. The molecule has 1 atom stereocenters. The fourth-order valence-electron chi connectivity index (χ4n) is 2.47. The van der Waals surface area contributed by atoms with Crippen LogP contribution in [0, 0.1) is 0 Å². The van der Waals surface area contributed by atoms with Crippen LogP contribution in [-0.4, -0.2) is 23.8 Å². The molecule has 1 heterocycles. The maximum atomic E-state index is 12.0. The van der Waals surface area contributed by atoms with Crippen molar-refractivity contribution < 1.29 is 9.59 Å². The lowest BCUT2D eigenvalue weighted by atomic mass is 9.81. The van der Waals surface area contributed by atoms with Gasteiger partial charge in [-0.15, -0.1) is 0 Å². The molecule has 2 aliphatic rings. The van der Waals surface area contributed by atoms with Crippen molar-refractivity contribution in [3.05, 3.63) is 47.0 Å². The number of rotatable bonds is 0. The first-order valence-electron chi connectivity index (χ1n) is 5.30. The number of carbonyl (C=O) groups is 2. The fourth-order valence-corrected chi connectivity index (χ4v) is 2.47. The molecular formula is C13H11NO2. The maximum absolute atomic E-state index is 12.0. The quantitative estimate of drug-likeness (QED) is 0.483. The Hall–Kier alpha value is -1.90. The van der Waals surface area contributed by atoms with Crippen LogP contribution in [0.3, 0.4) is 0 Å². The Kier molecular flexibility index (Phi) is 1.78. The summed E-state index contributed by atoms with van der Waals surface area (Å²) >= 11 is 0. The zero-order valence-corrected chi connectivity index (χ0v) is 8.93. The molecule has 0 fully saturated rings. The summed E-state index contributed by atoms with van der Waals surface area (Å²) in [6, 6.07) is 5.67. The second-order valence-electron chi connectivity index (χ2n) is 4.19. The standard InChI is InChI=1S/C13H11NO2/c1-14-12(15)9-6-2-4-8-5-3-7-10(11(8)9)13(14)16/h2-4,6-7,10H,5H2,1H3. The lowest BCUT2D eigenvalue weighted by Crippen LogP contribution is -2.42. The smallest absolute Gasteiger partial charge is 0.260 e. The fraction of sp³-hybridized carbons (Fsp3) is 0.231. The molecule has 0 bridgehead atoms. The predicted molar refractivity (Wildman–Crippen MR) is 59.1 cm³/mol. The third kappa shape index (κ3) is 1.03. The van der Waals surface area contributed by atoms with Crippen molar-refractivity contribution in [3.63, 3.8) is 0 Å². The van der Waals surface area contributed by atoms with E-state index >= 15 is 0 Å². The minimum absolute atomic E-state index is 0.124. The van der Waals surface area contributed by atoms with Gasteiger partial charge in [-0.25, -0.2) is 0 Å². The van der Waals surface area contributed by atoms with E-state index in [0.29, 0.717) is 5.56 Å². The van der Waals surface area contributed by atoms with Crippen LogP contribution in [0.4, 0.5) is 0 Å². The van der Waals surface area contributed by atoms with E-state index in [-0.39, 0.29) is 17.7 Å². The number of likely N-dealkylation sites (N-methyl/N-ethyl adjacent to an activating group) is 1. The first-order chi connectivity index (χ1) is 7.70. The molecule has 1 aliphatic carbocycles. The molecule has 3 nitrogen and oxygen atoms in total. The van der Waals surface area contributed by atoms with Gasteiger partial charge in [0.1, 0.15) is 0 Å². The number of amides is 2. The molecule has 2 amide bonds. The highest BCUT2D eigenvalue weighted by Gasteiger charge is 2.37. The lowest BCUT2D eigenvalue weighted by molar-refractivity contribution is -0.128. The molecule has 0 saturated heterocycles. The van der Waals surface area contributed by atoms with Crippen molar-refractivity contribution in [1.82, 2.24) is 4.90 Å². The molecule has 1 aromatic rings. The zero-order valence-electron chi connectivity index (χ0n) is 8.93. The first kappa shape index (κ1) is 9.33. The molecule has 3 heteroatoms. The van der Waals surface area contributed by atoms with Crippen LogP contribution in [0.1, 0.15) is 27.4 Å². The van der Waals surface area contributed by atoms with Gasteiger partial charge in [-0.05, 0) is 23.6 Å². The number of benzene rings is 1. The normalized spacial score (nSPS) is 22.3. The third-order valence-electron chi connectivity index (χ3n) is 3.31. The average molecular weight is 213 g/mol. The molecular weight excluding hydrogens is 202 g/mol. The number of allylic oxidation sites excluding steroid dienone is 1. The van der Waals surface area contributed by atoms with Gasteiger partial charge in [0.15, 0.2) is 0 Å². The van der Waals surface area contributed by atoms with Crippen molar-refractivity contribution in [2.45, 2.75) is 12.3 Å². The summed E-state index contributed by atoms with van der Waals surface area (Å²) in [5.74, 6) is -0.572. The monoisotopic (exact) mass is 213 g/mol. The van der Waals surface area contributed by atoms with Gasteiger partial charge in [-0.3, -0.25) is 14.5 Å². The predicted octanol–water partition coefficient (Wildman–Crippen LogP) is 1.49. The van der Waals surface area contributed by atoms with Crippen molar-refractivity contribution in [1.29, 1.82) is 0 Å². The number of imide groups is 1. The molecule has 80 valence electrons. The van der Waals surface area contributed by atoms with E-state index in [1.54, 1.807) is 13.1 Å². The Morgan fingerprint density at radius 3 is 2.94 bits per heavy atom. The topological polar surface area (TPSA) is 37.4 Å². The minimum Gasteiger partial charge on any atom is -0.281 e. The highest BCUT2D eigenvalue weighted by Crippen LogP contribution is 2.35. The highest BCUT2D eigenvalue weighted by molar-refractivity contribution is 6.12. The van der Waals surface area contributed by atoms with Gasteiger partial charge < -0.3 is 0 Å². The van der Waals surface area contributed by atoms with Gasteiger partial charge in [0, 0.05) is 12.6 Å². The van der Waals surface area contributed by atoms with E-state index < -0.39 is 0 Å². The van der Waals surface area contributed by atoms with Gasteiger partial charge in [-0.2, -0.15) is 0 Å². The number of nitrogens with zero attached hydrogens (tertiary/aromatic N) is 1. The van der Waals surface area contributed by atoms with Crippen molar-refractivity contribution in [2.24, 2.45) is 0 Å². The molecule has 0 saturated carbocycles. The summed E-state index contributed by atoms with van der Waals surface area (Å²) in [5.41, 5.74) is 2.69. The Balaban J connectivity index is 2.31. The molecule has 0 aromatic heterocycles. The molecule has 0 N–H and O–H groups in total. The molecule has 0 spiro atoms. The van der Waals surface area contributed by atoms with Gasteiger partial charge in [-0.1, -0.05) is 24.3 Å². The van der Waals surface area contributed by atoms with Gasteiger partial charge in [0.05, 0.1) is 5.92 Å². The van der Waals surface area contributed by atoms with Crippen LogP contribution in [0.25, 0.3) is 0 Å². The minimum atomic E-state index is -0.261. The first-order valence-corrected chi connectivity index (χ1v) is 5.30. The van der Waals surface area contributed by atoms with Gasteiger partial charge in [0.2, 0.25) is 5.91 Å². The SMILES string of the molecule is CN1C(=O)c2cccc3c2C(C=CC3)C1=O. The average Bonchev–Trinajstić information content (AvgIpc) is 2.33. The molecule has 1 aromatic carbocycles. The Labute approximate surface area is 93.4 Å². The highest BCUT2D eigenvalue weighted by atomic mass is 16.2. The summed E-state index contributed by atoms with van der Waals surface area (Å²) in [6.07, 6.45) is 4.71. The van der Waals surface area contributed by atoms with E-state index in [0.717, 1.165) is 17.5 Å². The van der Waals surface area contributed by atoms with Crippen LogP contribution >= 0.6 is 0 Å². The molecule has 1 aliphatic heterocycles. The van der Waals surface area contributed by atoms with Gasteiger partial charge >= 0.3 is 0 Å². The lowest BCUT2D eigenvalue weighted by Gasteiger charge is -2.31. The summed E-state index contributed by atoms with van der Waals surface area (Å²) in [5, 5.41) is 0. The van der Waals surface area contributed by atoms with E-state index in [1.165, 1.54) is 4.90 Å². The van der Waals surface area contributed by atoms with Gasteiger partial charge in [0.25, 0.3) is 5.91 Å². The summed E-state index contributed by atoms with van der Waals surface area (Å²) in [4.78, 5) is 25.1. The van der Waals surface area contributed by atoms with E-state index in [1.807, 2.05) is 24.3 Å². The second-order valence-corrected chi connectivity index (χ2v) is 4.19. The Morgan fingerprint density at radius 1 is 1.31 bits per heavy atom. The van der Waals surface area contributed by atoms with Crippen LogP contribution in [0.5, 0.6) is 0 Å².